The van der Waals surface area contributed by atoms with Gasteiger partial charge >= 0.3 is 0 Å². The molecule has 0 saturated heterocycles. The topological polar surface area (TPSA) is 54.4 Å². The number of hydrogen-bond acceptors (Lipinski definition) is 3. The molecule has 1 aromatic heterocycles. The van der Waals surface area contributed by atoms with Crippen LogP contribution in [0.1, 0.15) is 23.3 Å². The molecule has 2 aromatic rings. The van der Waals surface area contributed by atoms with Gasteiger partial charge in [-0.2, -0.15) is 5.10 Å². The van der Waals surface area contributed by atoms with E-state index >= 15 is 0 Å². The van der Waals surface area contributed by atoms with E-state index in [4.69, 9.17) is 0 Å². The normalized spacial score (nSPS) is 24.9. The van der Waals surface area contributed by atoms with E-state index in [0.29, 0.717) is 17.5 Å². The first-order chi connectivity index (χ1) is 10.3. The third-order valence-corrected chi connectivity index (χ3v) is 4.30. The van der Waals surface area contributed by atoms with Crippen LogP contribution in [0.2, 0.25) is 0 Å². The predicted molar refractivity (Wildman–Crippen MR) is 82.0 cm³/mol. The van der Waals surface area contributed by atoms with Crippen molar-refractivity contribution < 1.29 is 4.79 Å². The fourth-order valence-electron chi connectivity index (χ4n) is 3.04. The predicted octanol–water partition coefficient (Wildman–Crippen LogP) is 2.92. The second kappa shape index (κ2) is 4.81. The molecule has 0 unspecified atom stereocenters. The molecule has 4 heteroatoms. The van der Waals surface area contributed by atoms with Gasteiger partial charge in [0.2, 0.25) is 0 Å². The highest BCUT2D eigenvalue weighted by atomic mass is 16.2. The summed E-state index contributed by atoms with van der Waals surface area (Å²) in [5, 5.41) is 5.29. The summed E-state index contributed by atoms with van der Waals surface area (Å²) in [5.41, 5.74) is 4.96. The van der Waals surface area contributed by atoms with Gasteiger partial charge in [-0.25, -0.2) is 10.4 Å². The molecule has 1 amide bonds. The van der Waals surface area contributed by atoms with Crippen LogP contribution in [0.15, 0.2) is 53.7 Å². The lowest BCUT2D eigenvalue weighted by Crippen LogP contribution is -2.35. The van der Waals surface area contributed by atoms with Crippen molar-refractivity contribution in [3.63, 3.8) is 0 Å². The average molecular weight is 277 g/mol. The minimum Gasteiger partial charge on any atom is -0.266 e. The van der Waals surface area contributed by atoms with E-state index in [9.17, 15) is 4.79 Å². The number of allylic oxidation sites excluding steroid dienone is 2. The van der Waals surface area contributed by atoms with E-state index < -0.39 is 0 Å². The van der Waals surface area contributed by atoms with E-state index in [2.05, 4.69) is 27.7 Å². The number of pyridine rings is 1. The van der Waals surface area contributed by atoms with Crippen LogP contribution in [0.5, 0.6) is 0 Å². The van der Waals surface area contributed by atoms with Crippen LogP contribution in [-0.2, 0) is 0 Å². The van der Waals surface area contributed by atoms with Gasteiger partial charge in [0.15, 0.2) is 0 Å². The maximum absolute atomic E-state index is 12.1. The van der Waals surface area contributed by atoms with Crippen LogP contribution < -0.4 is 5.43 Å². The van der Waals surface area contributed by atoms with Gasteiger partial charge in [0.1, 0.15) is 5.69 Å². The number of benzene rings is 1. The molecule has 1 heterocycles. The van der Waals surface area contributed by atoms with Crippen molar-refractivity contribution in [3.8, 4) is 0 Å². The Morgan fingerprint density at radius 3 is 3.05 bits per heavy atom. The maximum atomic E-state index is 12.1. The molecule has 0 bridgehead atoms. The lowest BCUT2D eigenvalue weighted by atomic mass is 9.74. The fraction of sp³-hybridized carbons (Fsp3) is 0.235. The minimum absolute atomic E-state index is 0.248. The van der Waals surface area contributed by atoms with Crippen LogP contribution in [0, 0.1) is 11.8 Å². The molecule has 2 atom stereocenters. The zero-order chi connectivity index (χ0) is 14.2. The van der Waals surface area contributed by atoms with Gasteiger partial charge in [-0.3, -0.25) is 4.79 Å². The number of nitrogens with zero attached hydrogens (tertiary/aromatic N) is 2. The standard InChI is InChI=1S/C17H15N3O/c21-17(20-19-16-10-12-5-3-6-13(12)16)15-9-8-11-4-1-2-7-14(11)18-15/h1-5,7-9,12-13H,6,10H2,(H,20,21)/b19-16-/t12-,13-/m0/s1. The lowest BCUT2D eigenvalue weighted by molar-refractivity contribution is 0.0949. The molecule has 0 spiro atoms. The molecule has 21 heavy (non-hydrogen) atoms. The third kappa shape index (κ3) is 2.13. The average Bonchev–Trinajstić information content (AvgIpc) is 2.88. The molecular weight excluding hydrogens is 262 g/mol. The summed E-state index contributed by atoms with van der Waals surface area (Å²) >= 11 is 0. The molecule has 104 valence electrons. The van der Waals surface area contributed by atoms with Gasteiger partial charge in [-0.1, -0.05) is 36.4 Å². The molecule has 1 N–H and O–H groups in total. The first-order valence-electron chi connectivity index (χ1n) is 7.20. The van der Waals surface area contributed by atoms with E-state index in [1.165, 1.54) is 0 Å². The number of hydrazone groups is 1. The number of carbonyl (C=O) groups excluding carboxylic acids is 1. The fourth-order valence-corrected chi connectivity index (χ4v) is 3.04. The first kappa shape index (κ1) is 12.3. The van der Waals surface area contributed by atoms with E-state index in [-0.39, 0.29) is 5.91 Å². The van der Waals surface area contributed by atoms with E-state index in [1.54, 1.807) is 6.07 Å². The summed E-state index contributed by atoms with van der Waals surface area (Å²) < 4.78 is 0. The van der Waals surface area contributed by atoms with Crippen LogP contribution in [0.3, 0.4) is 0 Å². The smallest absolute Gasteiger partial charge is 0.266 e. The van der Waals surface area contributed by atoms with Crippen LogP contribution >= 0.6 is 0 Å². The van der Waals surface area contributed by atoms with Gasteiger partial charge in [0.25, 0.3) is 5.91 Å². The van der Waals surface area contributed by atoms with Gasteiger partial charge < -0.3 is 0 Å². The molecule has 2 aliphatic carbocycles. The number of nitrogens with one attached hydrogen (secondary N) is 1. The number of fused-ring (bicyclic) bond motifs is 2. The SMILES string of the molecule is O=C(N/N=C1/C[C@@H]2C=CC[C@H]12)c1ccc2ccccc2n1. The largest absolute Gasteiger partial charge is 0.289 e. The Morgan fingerprint density at radius 1 is 1.24 bits per heavy atom. The third-order valence-electron chi connectivity index (χ3n) is 4.30. The molecule has 1 fully saturated rings. The number of hydrogen-bond donors (Lipinski definition) is 1. The van der Waals surface area contributed by atoms with Gasteiger partial charge in [0.05, 0.1) is 5.52 Å². The summed E-state index contributed by atoms with van der Waals surface area (Å²) in [6.07, 6.45) is 6.46. The summed E-state index contributed by atoms with van der Waals surface area (Å²) in [6.45, 7) is 0. The van der Waals surface area contributed by atoms with E-state index in [1.807, 2.05) is 30.3 Å². The molecule has 4 rings (SSSR count). The Kier molecular flexibility index (Phi) is 2.81. The van der Waals surface area contributed by atoms with Crippen LogP contribution in [0.4, 0.5) is 0 Å². The van der Waals surface area contributed by atoms with Crippen molar-refractivity contribution in [1.29, 1.82) is 0 Å². The monoisotopic (exact) mass is 277 g/mol. The number of aromatic nitrogens is 1. The lowest BCUT2D eigenvalue weighted by Gasteiger charge is -2.31. The van der Waals surface area contributed by atoms with Crippen molar-refractivity contribution in [3.05, 3.63) is 54.2 Å². The number of amides is 1. The molecular formula is C17H15N3O. The summed E-state index contributed by atoms with van der Waals surface area (Å²) in [5.74, 6) is 0.900. The molecule has 4 nitrogen and oxygen atoms in total. The Bertz CT molecular complexity index is 778. The zero-order valence-electron chi connectivity index (χ0n) is 11.5. The van der Waals surface area contributed by atoms with Gasteiger partial charge in [-0.05, 0) is 30.9 Å². The Balaban J connectivity index is 1.50. The Hall–Kier alpha value is -2.49. The summed E-state index contributed by atoms with van der Waals surface area (Å²) in [4.78, 5) is 16.5. The Labute approximate surface area is 122 Å². The van der Waals surface area contributed by atoms with Gasteiger partial charge in [-0.15, -0.1) is 0 Å². The quantitative estimate of drug-likeness (QED) is 0.678. The van der Waals surface area contributed by atoms with Crippen LogP contribution in [0.25, 0.3) is 10.9 Å². The second-order valence-corrected chi connectivity index (χ2v) is 5.57. The van der Waals surface area contributed by atoms with Crippen molar-refractivity contribution in [1.82, 2.24) is 10.4 Å². The second-order valence-electron chi connectivity index (χ2n) is 5.57. The van der Waals surface area contributed by atoms with Gasteiger partial charge in [0, 0.05) is 17.0 Å². The minimum atomic E-state index is -0.248. The summed E-state index contributed by atoms with van der Waals surface area (Å²) in [7, 11) is 0. The maximum Gasteiger partial charge on any atom is 0.289 e. The van der Waals surface area contributed by atoms with Crippen molar-refractivity contribution in [2.75, 3.05) is 0 Å². The molecule has 0 aliphatic heterocycles. The number of rotatable bonds is 2. The zero-order valence-corrected chi connectivity index (χ0v) is 11.5. The highest BCUT2D eigenvalue weighted by Gasteiger charge is 2.38. The first-order valence-corrected chi connectivity index (χ1v) is 7.20. The van der Waals surface area contributed by atoms with Crippen molar-refractivity contribution in [2.24, 2.45) is 16.9 Å². The summed E-state index contributed by atoms with van der Waals surface area (Å²) in [6, 6.07) is 11.4. The Morgan fingerprint density at radius 2 is 2.14 bits per heavy atom. The van der Waals surface area contributed by atoms with Crippen molar-refractivity contribution >= 4 is 22.5 Å². The molecule has 1 saturated carbocycles. The number of carbonyl (C=O) groups is 1. The molecule has 0 radical (unpaired) electrons. The molecule has 1 aromatic carbocycles. The number of para-hydroxylation sites is 1. The highest BCUT2D eigenvalue weighted by Crippen LogP contribution is 2.40. The van der Waals surface area contributed by atoms with E-state index in [0.717, 1.165) is 29.5 Å². The molecule has 2 aliphatic rings. The van der Waals surface area contributed by atoms with Crippen molar-refractivity contribution in [2.45, 2.75) is 12.8 Å². The highest BCUT2D eigenvalue weighted by molar-refractivity contribution is 5.98. The van der Waals surface area contributed by atoms with Crippen LogP contribution in [-0.4, -0.2) is 16.6 Å².